The number of benzene rings is 2. The summed E-state index contributed by atoms with van der Waals surface area (Å²) in [5, 5.41) is 1.15. The Balaban J connectivity index is 1.38. The summed E-state index contributed by atoms with van der Waals surface area (Å²) >= 11 is 0. The van der Waals surface area contributed by atoms with Crippen LogP contribution in [0.2, 0.25) is 0 Å². The molecule has 5 heteroatoms. The van der Waals surface area contributed by atoms with E-state index in [0.717, 1.165) is 22.3 Å². The van der Waals surface area contributed by atoms with Crippen LogP contribution < -0.4 is 9.47 Å². The maximum Gasteiger partial charge on any atom is 0.219 e. The minimum Gasteiger partial charge on any atom is -0.439 e. The molecule has 0 aliphatic carbocycles. The van der Waals surface area contributed by atoms with Crippen LogP contribution in [0.1, 0.15) is 0 Å². The second-order valence-electron chi connectivity index (χ2n) is 6.48. The number of nitrogens with zero attached hydrogens (tertiary/aromatic N) is 2. The number of ether oxygens (including phenoxy) is 2. The van der Waals surface area contributed by atoms with Crippen LogP contribution in [-0.4, -0.2) is 15.0 Å². The topological polar surface area (TPSA) is 60.0 Å². The molecule has 29 heavy (non-hydrogen) atoms. The maximum atomic E-state index is 5.97. The molecule has 0 atom stereocenters. The second-order valence-corrected chi connectivity index (χ2v) is 6.48. The smallest absolute Gasteiger partial charge is 0.219 e. The molecular weight excluding hydrogens is 362 g/mol. The van der Waals surface area contributed by atoms with Crippen molar-refractivity contribution in [1.29, 1.82) is 0 Å². The minimum atomic E-state index is 0.510. The van der Waals surface area contributed by atoms with Crippen molar-refractivity contribution >= 4 is 10.9 Å². The highest BCUT2D eigenvalue weighted by atomic mass is 16.5. The van der Waals surface area contributed by atoms with Crippen LogP contribution in [0, 0.1) is 0 Å². The van der Waals surface area contributed by atoms with Crippen LogP contribution in [0.3, 0.4) is 0 Å². The monoisotopic (exact) mass is 379 g/mol. The van der Waals surface area contributed by atoms with E-state index in [9.17, 15) is 0 Å². The molecule has 0 fully saturated rings. The molecule has 0 aliphatic heterocycles. The van der Waals surface area contributed by atoms with Crippen LogP contribution >= 0.6 is 0 Å². The zero-order chi connectivity index (χ0) is 19.5. The first-order chi connectivity index (χ1) is 14.3. The number of hydrogen-bond donors (Lipinski definition) is 1. The summed E-state index contributed by atoms with van der Waals surface area (Å²) in [7, 11) is 0. The molecule has 140 valence electrons. The lowest BCUT2D eigenvalue weighted by atomic mass is 10.2. The Kier molecular flexibility index (Phi) is 4.39. The molecule has 0 spiro atoms. The molecule has 0 radical (unpaired) electrons. The number of aromatic amines is 1. The van der Waals surface area contributed by atoms with Crippen molar-refractivity contribution in [2.24, 2.45) is 0 Å². The fourth-order valence-corrected chi connectivity index (χ4v) is 3.08. The highest BCUT2D eigenvalue weighted by Crippen LogP contribution is 2.29. The lowest BCUT2D eigenvalue weighted by Crippen LogP contribution is -1.91. The molecular formula is C24H17N3O2. The molecule has 5 aromatic rings. The Morgan fingerprint density at radius 1 is 0.655 bits per heavy atom. The first-order valence-corrected chi connectivity index (χ1v) is 9.25. The predicted molar refractivity (Wildman–Crippen MR) is 112 cm³/mol. The zero-order valence-electron chi connectivity index (χ0n) is 15.4. The van der Waals surface area contributed by atoms with Crippen molar-refractivity contribution in [3.05, 3.63) is 97.2 Å². The van der Waals surface area contributed by atoms with E-state index in [-0.39, 0.29) is 0 Å². The third-order valence-electron chi connectivity index (χ3n) is 4.42. The maximum absolute atomic E-state index is 5.97. The highest BCUT2D eigenvalue weighted by Gasteiger charge is 2.07. The van der Waals surface area contributed by atoms with Gasteiger partial charge in [-0.25, -0.2) is 9.97 Å². The average molecular weight is 379 g/mol. The number of pyridine rings is 2. The van der Waals surface area contributed by atoms with Crippen molar-refractivity contribution in [3.8, 4) is 34.6 Å². The summed E-state index contributed by atoms with van der Waals surface area (Å²) in [5.74, 6) is 2.33. The lowest BCUT2D eigenvalue weighted by Gasteiger charge is -2.08. The van der Waals surface area contributed by atoms with Crippen molar-refractivity contribution in [3.63, 3.8) is 0 Å². The molecule has 2 aromatic carbocycles. The summed E-state index contributed by atoms with van der Waals surface area (Å²) in [5.41, 5.74) is 2.85. The standard InChI is InChI=1S/C24H17N3O2/c1-2-10-20-17(7-1)15-22(26-20)21-11-6-13-24(27-21)29-19-9-5-8-18(16-19)28-23-12-3-4-14-25-23/h1-16,26H. The van der Waals surface area contributed by atoms with E-state index in [1.165, 1.54) is 0 Å². The summed E-state index contributed by atoms with van der Waals surface area (Å²) in [6.07, 6.45) is 1.69. The van der Waals surface area contributed by atoms with Gasteiger partial charge in [-0.05, 0) is 36.4 Å². The Labute approximate surface area is 167 Å². The predicted octanol–water partition coefficient (Wildman–Crippen LogP) is 6.21. The Bertz CT molecular complexity index is 1230. The molecule has 3 aromatic heterocycles. The van der Waals surface area contributed by atoms with Crippen molar-refractivity contribution in [2.45, 2.75) is 0 Å². The molecule has 0 unspecified atom stereocenters. The van der Waals surface area contributed by atoms with Gasteiger partial charge in [0.2, 0.25) is 11.8 Å². The molecule has 0 bridgehead atoms. The van der Waals surface area contributed by atoms with E-state index in [1.807, 2.05) is 72.8 Å². The Morgan fingerprint density at radius 2 is 1.41 bits per heavy atom. The average Bonchev–Trinajstić information content (AvgIpc) is 3.19. The molecule has 5 rings (SSSR count). The molecule has 5 nitrogen and oxygen atoms in total. The van der Waals surface area contributed by atoms with E-state index in [2.05, 4.69) is 27.1 Å². The Morgan fingerprint density at radius 3 is 2.24 bits per heavy atom. The van der Waals surface area contributed by atoms with Crippen molar-refractivity contribution in [1.82, 2.24) is 15.0 Å². The van der Waals surface area contributed by atoms with E-state index in [0.29, 0.717) is 23.3 Å². The van der Waals surface area contributed by atoms with Crippen molar-refractivity contribution in [2.75, 3.05) is 0 Å². The number of nitrogens with one attached hydrogen (secondary N) is 1. The third-order valence-corrected chi connectivity index (χ3v) is 4.42. The van der Waals surface area contributed by atoms with E-state index >= 15 is 0 Å². The number of hydrogen-bond acceptors (Lipinski definition) is 4. The largest absolute Gasteiger partial charge is 0.439 e. The first kappa shape index (κ1) is 17.0. The normalized spacial score (nSPS) is 10.8. The van der Waals surface area contributed by atoms with Gasteiger partial charge < -0.3 is 14.5 Å². The molecule has 0 saturated carbocycles. The van der Waals surface area contributed by atoms with Crippen LogP contribution in [0.25, 0.3) is 22.3 Å². The molecule has 0 amide bonds. The van der Waals surface area contributed by atoms with E-state index in [1.54, 1.807) is 12.3 Å². The number of fused-ring (bicyclic) bond motifs is 1. The summed E-state index contributed by atoms with van der Waals surface area (Å²) in [4.78, 5) is 12.2. The highest BCUT2D eigenvalue weighted by molar-refractivity contribution is 5.85. The summed E-state index contributed by atoms with van der Waals surface area (Å²) < 4.78 is 11.7. The second kappa shape index (κ2) is 7.48. The molecule has 0 saturated heterocycles. The molecule has 0 aliphatic rings. The van der Waals surface area contributed by atoms with Crippen LogP contribution in [-0.2, 0) is 0 Å². The van der Waals surface area contributed by atoms with Gasteiger partial charge in [-0.15, -0.1) is 0 Å². The van der Waals surface area contributed by atoms with Gasteiger partial charge in [-0.1, -0.05) is 36.4 Å². The quantitative estimate of drug-likeness (QED) is 0.394. The van der Waals surface area contributed by atoms with Crippen LogP contribution in [0.5, 0.6) is 23.3 Å². The minimum absolute atomic E-state index is 0.510. The van der Waals surface area contributed by atoms with Crippen LogP contribution in [0.15, 0.2) is 97.2 Å². The fourth-order valence-electron chi connectivity index (χ4n) is 3.08. The van der Waals surface area contributed by atoms with Gasteiger partial charge in [0.25, 0.3) is 0 Å². The number of para-hydroxylation sites is 1. The van der Waals surface area contributed by atoms with Gasteiger partial charge in [-0.2, -0.15) is 0 Å². The third kappa shape index (κ3) is 3.80. The van der Waals surface area contributed by atoms with Gasteiger partial charge in [-0.3, -0.25) is 0 Å². The van der Waals surface area contributed by atoms with E-state index < -0.39 is 0 Å². The summed E-state index contributed by atoms with van der Waals surface area (Å²) in [6.45, 7) is 0. The molecule has 3 heterocycles. The zero-order valence-corrected chi connectivity index (χ0v) is 15.4. The Hall–Kier alpha value is -4.12. The van der Waals surface area contributed by atoms with Gasteiger partial charge in [0.15, 0.2) is 0 Å². The van der Waals surface area contributed by atoms with Gasteiger partial charge in [0, 0.05) is 35.3 Å². The number of H-pyrrole nitrogens is 1. The first-order valence-electron chi connectivity index (χ1n) is 9.25. The SMILES string of the molecule is c1ccc(Oc2cccc(Oc3cccc(-c4cc5ccccc5[nH]4)n3)c2)nc1. The van der Waals surface area contributed by atoms with E-state index in [4.69, 9.17) is 9.47 Å². The lowest BCUT2D eigenvalue weighted by molar-refractivity contribution is 0.442. The van der Waals surface area contributed by atoms with Gasteiger partial charge in [0.1, 0.15) is 11.5 Å². The fraction of sp³-hybridized carbons (Fsp3) is 0. The number of rotatable bonds is 5. The van der Waals surface area contributed by atoms with Gasteiger partial charge >= 0.3 is 0 Å². The number of aromatic nitrogens is 3. The molecule has 1 N–H and O–H groups in total. The van der Waals surface area contributed by atoms with Crippen molar-refractivity contribution < 1.29 is 9.47 Å². The summed E-state index contributed by atoms with van der Waals surface area (Å²) in [6, 6.07) is 28.9. The van der Waals surface area contributed by atoms with Gasteiger partial charge in [0.05, 0.1) is 11.4 Å². The van der Waals surface area contributed by atoms with Crippen LogP contribution in [0.4, 0.5) is 0 Å².